The number of amides is 6. The zero-order valence-electron chi connectivity index (χ0n) is 31.2. The van der Waals surface area contributed by atoms with E-state index in [4.69, 9.17) is 24.1 Å². The van der Waals surface area contributed by atoms with Gasteiger partial charge >= 0.3 is 5.97 Å². The van der Waals surface area contributed by atoms with Crippen molar-refractivity contribution in [1.82, 2.24) is 30.7 Å². The van der Waals surface area contributed by atoms with Gasteiger partial charge in [-0.25, -0.2) is 0 Å². The Morgan fingerprint density at radius 3 is 1.85 bits per heavy atom. The second-order valence-electron chi connectivity index (χ2n) is 12.8. The van der Waals surface area contributed by atoms with E-state index < -0.39 is 42.8 Å². The number of unbranched alkanes of at least 4 members (excludes halogenated alkanes) is 2. The smallest absolute Gasteiger partial charge is 0.322 e. The third-order valence-electron chi connectivity index (χ3n) is 8.55. The van der Waals surface area contributed by atoms with Crippen LogP contribution in [0.25, 0.3) is 0 Å². The number of nitrogens with zero attached hydrogens (tertiary/aromatic N) is 3. The van der Waals surface area contributed by atoms with Crippen molar-refractivity contribution in [2.75, 3.05) is 105 Å². The highest BCUT2D eigenvalue weighted by Crippen LogP contribution is 2.09. The van der Waals surface area contributed by atoms with Gasteiger partial charge < -0.3 is 44.9 Å². The molecule has 0 bridgehead atoms. The van der Waals surface area contributed by atoms with Gasteiger partial charge in [0, 0.05) is 57.7 Å². The first-order valence-corrected chi connectivity index (χ1v) is 18.6. The number of aliphatic carboxylic acids is 1. The second-order valence-corrected chi connectivity index (χ2v) is 12.8. The van der Waals surface area contributed by atoms with Crippen LogP contribution in [-0.2, 0) is 58.9 Å². The van der Waals surface area contributed by atoms with Crippen LogP contribution in [0.2, 0.25) is 0 Å². The summed E-state index contributed by atoms with van der Waals surface area (Å²) >= 11 is 0. The summed E-state index contributed by atoms with van der Waals surface area (Å²) in [5.74, 6) is -3.55. The standard InChI is InChI=1S/C37H54N6O12/c44-31(40-30(37(51)39-27-36(49)50)25-29-7-3-1-4-8-29)26-38-32(45)28-41-13-17-52-21-23-54-19-15-42(16-20-55-24-22-53-18-14-41)33(46)9-5-2-6-12-43-34(47)10-11-35(43)48/h1,3-4,7-8,10-11,30H,2,5-6,9,12-28H2,(H,38,45)(H,39,51)(H,40,44)(H,49,50)/t30-/m0/s1. The van der Waals surface area contributed by atoms with E-state index >= 15 is 0 Å². The highest BCUT2D eigenvalue weighted by molar-refractivity contribution is 6.12. The lowest BCUT2D eigenvalue weighted by Gasteiger charge is -2.24. The van der Waals surface area contributed by atoms with Crippen molar-refractivity contribution in [3.05, 3.63) is 48.0 Å². The molecule has 0 saturated carbocycles. The number of benzene rings is 1. The number of carbonyl (C=O) groups is 7. The summed E-state index contributed by atoms with van der Waals surface area (Å²) in [6.45, 7) is 3.29. The molecule has 0 radical (unpaired) electrons. The molecule has 4 N–H and O–H groups in total. The minimum absolute atomic E-state index is 0.0264. The van der Waals surface area contributed by atoms with Crippen LogP contribution in [0, 0.1) is 0 Å². The minimum Gasteiger partial charge on any atom is -0.480 e. The van der Waals surface area contributed by atoms with Gasteiger partial charge in [0.25, 0.3) is 11.8 Å². The molecule has 1 saturated heterocycles. The van der Waals surface area contributed by atoms with Crippen molar-refractivity contribution in [1.29, 1.82) is 0 Å². The zero-order chi connectivity index (χ0) is 39.7. The Kier molecular flexibility index (Phi) is 21.2. The number of hydrogen-bond donors (Lipinski definition) is 4. The van der Waals surface area contributed by atoms with Crippen LogP contribution in [0.15, 0.2) is 42.5 Å². The van der Waals surface area contributed by atoms with E-state index in [1.165, 1.54) is 17.1 Å². The Hall–Kier alpha value is -4.75. The lowest BCUT2D eigenvalue weighted by atomic mass is 10.1. The van der Waals surface area contributed by atoms with Crippen LogP contribution < -0.4 is 16.0 Å². The fourth-order valence-corrected chi connectivity index (χ4v) is 5.57. The number of carboxylic acids is 1. The summed E-state index contributed by atoms with van der Waals surface area (Å²) in [7, 11) is 0. The maximum absolute atomic E-state index is 12.9. The van der Waals surface area contributed by atoms with Crippen LogP contribution >= 0.6 is 0 Å². The summed E-state index contributed by atoms with van der Waals surface area (Å²) in [4.78, 5) is 90.2. The van der Waals surface area contributed by atoms with Crippen molar-refractivity contribution in [3.63, 3.8) is 0 Å². The predicted molar refractivity (Wildman–Crippen MR) is 196 cm³/mol. The third kappa shape index (κ3) is 18.9. The average molecular weight is 775 g/mol. The van der Waals surface area contributed by atoms with Gasteiger partial charge in [-0.1, -0.05) is 36.8 Å². The van der Waals surface area contributed by atoms with E-state index in [1.54, 1.807) is 29.2 Å². The van der Waals surface area contributed by atoms with Crippen LogP contribution in [0.1, 0.15) is 31.2 Å². The number of carbonyl (C=O) groups excluding carboxylic acids is 6. The minimum atomic E-state index is -1.22. The van der Waals surface area contributed by atoms with Crippen molar-refractivity contribution in [2.24, 2.45) is 0 Å². The van der Waals surface area contributed by atoms with Gasteiger partial charge in [-0.15, -0.1) is 0 Å². The molecule has 18 heteroatoms. The van der Waals surface area contributed by atoms with Crippen molar-refractivity contribution >= 4 is 41.4 Å². The highest BCUT2D eigenvalue weighted by atomic mass is 16.5. The van der Waals surface area contributed by atoms with E-state index in [0.717, 1.165) is 5.56 Å². The fourth-order valence-electron chi connectivity index (χ4n) is 5.57. The summed E-state index contributed by atoms with van der Waals surface area (Å²) in [5.41, 5.74) is 0.759. The third-order valence-corrected chi connectivity index (χ3v) is 8.55. The van der Waals surface area contributed by atoms with Gasteiger partial charge in [0.1, 0.15) is 12.6 Å². The molecule has 18 nitrogen and oxygen atoms in total. The molecule has 2 aliphatic rings. The lowest BCUT2D eigenvalue weighted by Crippen LogP contribution is -2.51. The van der Waals surface area contributed by atoms with Crippen LogP contribution in [0.5, 0.6) is 0 Å². The molecule has 2 aliphatic heterocycles. The van der Waals surface area contributed by atoms with Gasteiger partial charge in [-0.3, -0.25) is 43.4 Å². The number of ether oxygens (including phenoxy) is 4. The number of rotatable bonds is 16. The number of nitrogens with one attached hydrogen (secondary N) is 3. The monoisotopic (exact) mass is 774 g/mol. The van der Waals surface area contributed by atoms with E-state index in [9.17, 15) is 33.6 Å². The van der Waals surface area contributed by atoms with E-state index in [-0.39, 0.29) is 30.7 Å². The van der Waals surface area contributed by atoms with Crippen molar-refractivity contribution in [3.8, 4) is 0 Å². The van der Waals surface area contributed by atoms with E-state index in [2.05, 4.69) is 16.0 Å². The summed E-state index contributed by atoms with van der Waals surface area (Å²) in [6.07, 6.45) is 4.94. The molecule has 1 aromatic rings. The molecular weight excluding hydrogens is 720 g/mol. The molecule has 1 atom stereocenters. The van der Waals surface area contributed by atoms with Gasteiger partial charge in [0.2, 0.25) is 23.6 Å². The van der Waals surface area contributed by atoms with Gasteiger partial charge in [0.15, 0.2) is 0 Å². The summed E-state index contributed by atoms with van der Waals surface area (Å²) in [5, 5.41) is 16.4. The fraction of sp³-hybridized carbons (Fsp3) is 0.595. The van der Waals surface area contributed by atoms with Crippen LogP contribution in [0.3, 0.4) is 0 Å². The Balaban J connectivity index is 1.37. The molecule has 304 valence electrons. The molecule has 0 unspecified atom stereocenters. The molecule has 0 aromatic heterocycles. The molecule has 1 aromatic carbocycles. The second kappa shape index (κ2) is 26.1. The van der Waals surface area contributed by atoms with Gasteiger partial charge in [0.05, 0.1) is 65.9 Å². The number of carboxylic acid groups (broad SMARTS) is 1. The Bertz CT molecular complexity index is 1390. The highest BCUT2D eigenvalue weighted by Gasteiger charge is 2.24. The number of imide groups is 1. The Morgan fingerprint density at radius 2 is 1.27 bits per heavy atom. The zero-order valence-corrected chi connectivity index (χ0v) is 31.2. The molecule has 55 heavy (non-hydrogen) atoms. The first-order valence-electron chi connectivity index (χ1n) is 18.6. The molecule has 0 aliphatic carbocycles. The topological polar surface area (TPSA) is 222 Å². The quantitative estimate of drug-likeness (QED) is 0.114. The summed E-state index contributed by atoms with van der Waals surface area (Å²) < 4.78 is 22.8. The van der Waals surface area contributed by atoms with Crippen molar-refractivity contribution < 1.29 is 57.6 Å². The maximum atomic E-state index is 12.9. The summed E-state index contributed by atoms with van der Waals surface area (Å²) in [6, 6.07) is 7.88. The lowest BCUT2D eigenvalue weighted by molar-refractivity contribution is -0.138. The van der Waals surface area contributed by atoms with Gasteiger partial charge in [-0.2, -0.15) is 0 Å². The maximum Gasteiger partial charge on any atom is 0.322 e. The normalized spacial score (nSPS) is 17.5. The average Bonchev–Trinajstić information content (AvgIpc) is 3.49. The van der Waals surface area contributed by atoms with E-state index in [1.807, 2.05) is 11.0 Å². The van der Waals surface area contributed by atoms with Crippen LogP contribution in [-0.4, -0.2) is 172 Å². The van der Waals surface area contributed by atoms with E-state index in [0.29, 0.717) is 111 Å². The molecule has 6 amide bonds. The van der Waals surface area contributed by atoms with Crippen LogP contribution in [0.4, 0.5) is 0 Å². The molecule has 2 heterocycles. The van der Waals surface area contributed by atoms with Crippen molar-refractivity contribution in [2.45, 2.75) is 38.1 Å². The first kappa shape index (κ1) is 44.6. The van der Waals surface area contributed by atoms with Gasteiger partial charge in [-0.05, 0) is 18.4 Å². The number of hydrogen-bond acceptors (Lipinski definition) is 12. The molecule has 3 rings (SSSR count). The molecular formula is C37H54N6O12. The SMILES string of the molecule is O=C(O)CNC(=O)[C@H](Cc1ccccc1)NC(=O)CNC(=O)CN1CCOCCOCCN(C(=O)CCCCCN2C(=O)C=CC2=O)CCOCCOCC1. The Labute approximate surface area is 320 Å². The first-order chi connectivity index (χ1) is 26.6. The Morgan fingerprint density at radius 1 is 0.691 bits per heavy atom. The molecule has 0 spiro atoms. The predicted octanol–water partition coefficient (Wildman–Crippen LogP) is -1.27. The largest absolute Gasteiger partial charge is 0.480 e. The molecule has 1 fully saturated rings.